The van der Waals surface area contributed by atoms with Crippen molar-refractivity contribution in [3.05, 3.63) is 34.7 Å². The fourth-order valence-corrected chi connectivity index (χ4v) is 3.81. The van der Waals surface area contributed by atoms with Gasteiger partial charge in [-0.3, -0.25) is 9.59 Å². The molecule has 0 aliphatic carbocycles. The number of carbonyl (C=O) groups is 2. The first-order chi connectivity index (χ1) is 10.6. The Morgan fingerprint density at radius 3 is 2.95 bits per heavy atom. The predicted octanol–water partition coefficient (Wildman–Crippen LogP) is 3.57. The van der Waals surface area contributed by atoms with E-state index >= 15 is 0 Å². The fourth-order valence-electron chi connectivity index (χ4n) is 2.03. The summed E-state index contributed by atoms with van der Waals surface area (Å²) >= 11 is 8.70. The number of anilines is 1. The molecule has 1 aromatic carbocycles. The van der Waals surface area contributed by atoms with Crippen LogP contribution in [0, 0.1) is 0 Å². The molecule has 1 fully saturated rings. The monoisotopic (exact) mass is 353 g/mol. The molecule has 0 bridgehead atoms. The lowest BCUT2D eigenvalue weighted by molar-refractivity contribution is -0.116. The molecule has 5 nitrogen and oxygen atoms in total. The highest BCUT2D eigenvalue weighted by Gasteiger charge is 2.23. The van der Waals surface area contributed by atoms with Gasteiger partial charge in [0.05, 0.1) is 5.69 Å². The van der Waals surface area contributed by atoms with Crippen LogP contribution in [-0.4, -0.2) is 39.9 Å². The summed E-state index contributed by atoms with van der Waals surface area (Å²) in [5.74, 6) is 0.496. The molecule has 0 atom stereocenters. The molecule has 1 aliphatic rings. The van der Waals surface area contributed by atoms with E-state index in [1.54, 1.807) is 6.07 Å². The number of carbonyl (C=O) groups excluding carboxylic acids is 2. The number of hydrogen-bond acceptors (Lipinski definition) is 5. The van der Waals surface area contributed by atoms with Crippen molar-refractivity contribution >= 4 is 51.0 Å². The second-order valence-electron chi connectivity index (χ2n) is 4.60. The highest BCUT2D eigenvalue weighted by atomic mass is 35.5. The van der Waals surface area contributed by atoms with Gasteiger partial charge in [0.15, 0.2) is 5.13 Å². The molecule has 0 saturated carbocycles. The van der Waals surface area contributed by atoms with Crippen molar-refractivity contribution < 1.29 is 9.59 Å². The zero-order valence-electron chi connectivity index (χ0n) is 11.4. The van der Waals surface area contributed by atoms with Crippen LogP contribution in [0.4, 0.5) is 9.93 Å². The van der Waals surface area contributed by atoms with E-state index in [1.165, 1.54) is 28.0 Å². The molecule has 114 valence electrons. The van der Waals surface area contributed by atoms with E-state index in [1.807, 2.05) is 23.6 Å². The minimum Gasteiger partial charge on any atom is -0.323 e. The molecular formula is C14H12ClN3O2S2. The number of thiazole rings is 1. The Morgan fingerprint density at radius 1 is 1.41 bits per heavy atom. The van der Waals surface area contributed by atoms with Gasteiger partial charge >= 0.3 is 0 Å². The van der Waals surface area contributed by atoms with Crippen molar-refractivity contribution in [2.75, 3.05) is 24.2 Å². The van der Waals surface area contributed by atoms with Gasteiger partial charge in [-0.25, -0.2) is 4.98 Å². The highest BCUT2D eigenvalue weighted by Crippen LogP contribution is 2.30. The van der Waals surface area contributed by atoms with Crippen LogP contribution in [0.2, 0.25) is 5.02 Å². The van der Waals surface area contributed by atoms with E-state index in [9.17, 15) is 9.59 Å². The maximum Gasteiger partial charge on any atom is 0.282 e. The van der Waals surface area contributed by atoms with Gasteiger partial charge in [-0.15, -0.1) is 11.3 Å². The van der Waals surface area contributed by atoms with Gasteiger partial charge in [0.2, 0.25) is 5.91 Å². The molecule has 8 heteroatoms. The molecule has 0 radical (unpaired) electrons. The minimum absolute atomic E-state index is 0.0500. The van der Waals surface area contributed by atoms with Gasteiger partial charge in [0.1, 0.15) is 6.54 Å². The number of amides is 2. The molecule has 1 aliphatic heterocycles. The normalized spacial score (nSPS) is 14.4. The third kappa shape index (κ3) is 3.43. The van der Waals surface area contributed by atoms with Gasteiger partial charge in [-0.1, -0.05) is 41.6 Å². The Bertz CT molecular complexity index is 720. The van der Waals surface area contributed by atoms with Crippen LogP contribution in [0.1, 0.15) is 0 Å². The summed E-state index contributed by atoms with van der Waals surface area (Å²) in [6, 6.07) is 7.41. The summed E-state index contributed by atoms with van der Waals surface area (Å²) in [6.07, 6.45) is 0. The molecule has 3 rings (SSSR count). The second kappa shape index (κ2) is 6.68. The number of rotatable bonds is 4. The Hall–Kier alpha value is -1.57. The average Bonchev–Trinajstić information content (AvgIpc) is 3.10. The number of thioether (sulfide) groups is 1. The molecule has 2 amide bonds. The minimum atomic E-state index is -0.240. The Kier molecular flexibility index (Phi) is 4.66. The summed E-state index contributed by atoms with van der Waals surface area (Å²) < 4.78 is 0. The van der Waals surface area contributed by atoms with Crippen LogP contribution >= 0.6 is 34.7 Å². The van der Waals surface area contributed by atoms with Crippen molar-refractivity contribution in [3.63, 3.8) is 0 Å². The largest absolute Gasteiger partial charge is 0.323 e. The predicted molar refractivity (Wildman–Crippen MR) is 90.6 cm³/mol. The third-order valence-corrected chi connectivity index (χ3v) is 5.06. The molecule has 2 heterocycles. The van der Waals surface area contributed by atoms with Crippen LogP contribution in [0.3, 0.4) is 0 Å². The van der Waals surface area contributed by atoms with Crippen LogP contribution in [0.25, 0.3) is 11.3 Å². The maximum absolute atomic E-state index is 12.0. The van der Waals surface area contributed by atoms with Gasteiger partial charge in [0, 0.05) is 28.3 Å². The third-order valence-electron chi connectivity index (χ3n) is 3.08. The van der Waals surface area contributed by atoms with E-state index in [4.69, 9.17) is 11.6 Å². The summed E-state index contributed by atoms with van der Waals surface area (Å²) in [5, 5.41) is 5.63. The molecule has 1 saturated heterocycles. The zero-order chi connectivity index (χ0) is 15.5. The van der Waals surface area contributed by atoms with E-state index in [2.05, 4.69) is 10.3 Å². The smallest absolute Gasteiger partial charge is 0.282 e. The SMILES string of the molecule is O=C(CN1CCSC1=O)Nc1nc(-c2ccccc2Cl)cs1. The Morgan fingerprint density at radius 2 is 2.23 bits per heavy atom. The quantitative estimate of drug-likeness (QED) is 0.912. The number of nitrogens with zero attached hydrogens (tertiary/aromatic N) is 2. The summed E-state index contributed by atoms with van der Waals surface area (Å²) in [5.41, 5.74) is 1.55. The fraction of sp³-hybridized carbons (Fsp3) is 0.214. The van der Waals surface area contributed by atoms with Gasteiger partial charge < -0.3 is 10.2 Å². The number of nitrogens with one attached hydrogen (secondary N) is 1. The van der Waals surface area contributed by atoms with Crippen LogP contribution in [-0.2, 0) is 4.79 Å². The van der Waals surface area contributed by atoms with Crippen LogP contribution < -0.4 is 5.32 Å². The van der Waals surface area contributed by atoms with E-state index in [0.717, 1.165) is 17.0 Å². The van der Waals surface area contributed by atoms with E-state index < -0.39 is 0 Å². The highest BCUT2D eigenvalue weighted by molar-refractivity contribution is 8.13. The number of hydrogen-bond donors (Lipinski definition) is 1. The second-order valence-corrected chi connectivity index (χ2v) is 6.91. The lowest BCUT2D eigenvalue weighted by Crippen LogP contribution is -2.33. The van der Waals surface area contributed by atoms with Crippen LogP contribution in [0.5, 0.6) is 0 Å². The lowest BCUT2D eigenvalue weighted by Gasteiger charge is -2.12. The topological polar surface area (TPSA) is 62.3 Å². The van der Waals surface area contributed by atoms with Gasteiger partial charge in [0.25, 0.3) is 5.24 Å². The summed E-state index contributed by atoms with van der Waals surface area (Å²) in [4.78, 5) is 29.3. The summed E-state index contributed by atoms with van der Waals surface area (Å²) in [6.45, 7) is 0.673. The average molecular weight is 354 g/mol. The van der Waals surface area contributed by atoms with E-state index in [-0.39, 0.29) is 17.7 Å². The van der Waals surface area contributed by atoms with Crippen molar-refractivity contribution in [3.8, 4) is 11.3 Å². The first kappa shape index (κ1) is 15.3. The molecule has 1 aromatic heterocycles. The molecule has 22 heavy (non-hydrogen) atoms. The van der Waals surface area contributed by atoms with Gasteiger partial charge in [-0.05, 0) is 6.07 Å². The first-order valence-electron chi connectivity index (χ1n) is 6.55. The zero-order valence-corrected chi connectivity index (χ0v) is 13.8. The first-order valence-corrected chi connectivity index (χ1v) is 8.80. The standard InChI is InChI=1S/C14H12ClN3O2S2/c15-10-4-2-1-3-9(10)11-8-22-13(16-11)17-12(19)7-18-5-6-21-14(18)20/h1-4,8H,5-7H2,(H,16,17,19). The number of aromatic nitrogens is 1. The molecule has 0 unspecified atom stereocenters. The molecule has 0 spiro atoms. The summed E-state index contributed by atoms with van der Waals surface area (Å²) in [7, 11) is 0. The Labute approximate surface area is 140 Å². The van der Waals surface area contributed by atoms with Crippen molar-refractivity contribution in [1.29, 1.82) is 0 Å². The van der Waals surface area contributed by atoms with Crippen LogP contribution in [0.15, 0.2) is 29.6 Å². The Balaban J connectivity index is 1.65. The molecule has 2 aromatic rings. The van der Waals surface area contributed by atoms with E-state index in [0.29, 0.717) is 16.7 Å². The molecular weight excluding hydrogens is 342 g/mol. The lowest BCUT2D eigenvalue weighted by atomic mass is 10.2. The maximum atomic E-state index is 12.0. The molecule has 1 N–H and O–H groups in total. The van der Waals surface area contributed by atoms with Crippen molar-refractivity contribution in [2.24, 2.45) is 0 Å². The number of benzene rings is 1. The van der Waals surface area contributed by atoms with Crippen molar-refractivity contribution in [1.82, 2.24) is 9.88 Å². The number of halogens is 1. The van der Waals surface area contributed by atoms with Crippen molar-refractivity contribution in [2.45, 2.75) is 0 Å². The van der Waals surface area contributed by atoms with Gasteiger partial charge in [-0.2, -0.15) is 0 Å².